The topological polar surface area (TPSA) is 63.2 Å². The lowest BCUT2D eigenvalue weighted by Crippen LogP contribution is -2.64. The molecule has 0 aliphatic carbocycles. The maximum Gasteiger partial charge on any atom is 0.184 e. The van der Waals surface area contributed by atoms with E-state index in [1.165, 1.54) is 0 Å². The van der Waals surface area contributed by atoms with Crippen molar-refractivity contribution in [3.05, 3.63) is 61.2 Å². The maximum atomic E-state index is 12.6. The van der Waals surface area contributed by atoms with E-state index < -0.39 is 40.8 Å². The molecule has 2 heterocycles. The highest BCUT2D eigenvalue weighted by atomic mass is 32.2. The van der Waals surface area contributed by atoms with E-state index in [2.05, 4.69) is 13.2 Å². The summed E-state index contributed by atoms with van der Waals surface area (Å²) in [7, 11) is -1.23. The summed E-state index contributed by atoms with van der Waals surface area (Å²) in [6.07, 6.45) is 0.989. The molecule has 2 aliphatic rings. The lowest BCUT2D eigenvalue weighted by atomic mass is 9.98. The van der Waals surface area contributed by atoms with Crippen molar-refractivity contribution < 1.29 is 27.9 Å². The first-order chi connectivity index (χ1) is 13.7. The van der Waals surface area contributed by atoms with Crippen molar-refractivity contribution in [1.29, 1.82) is 0 Å². The summed E-state index contributed by atoms with van der Waals surface area (Å²) in [6.45, 7) is 10.2. The van der Waals surface area contributed by atoms with Crippen LogP contribution in [-0.2, 0) is 34.5 Å². The highest BCUT2D eigenvalue weighted by Gasteiger charge is 2.52. The van der Waals surface area contributed by atoms with Crippen LogP contribution >= 0.6 is 0 Å². The summed E-state index contributed by atoms with van der Waals surface area (Å²) in [6, 6.07) is 9.73. The van der Waals surface area contributed by atoms with Crippen LogP contribution < -0.4 is 0 Å². The molecular formula is C21H28O6S. The molecule has 0 amide bonds. The Balaban J connectivity index is 1.86. The second kappa shape index (κ2) is 10.4. The van der Waals surface area contributed by atoms with Crippen LogP contribution in [0.2, 0.25) is 0 Å². The van der Waals surface area contributed by atoms with Crippen molar-refractivity contribution in [2.75, 3.05) is 25.6 Å². The summed E-state index contributed by atoms with van der Waals surface area (Å²) in [4.78, 5) is 0. The van der Waals surface area contributed by atoms with Gasteiger partial charge in [-0.25, -0.2) is 0 Å². The van der Waals surface area contributed by atoms with Gasteiger partial charge in [-0.15, -0.1) is 13.2 Å². The van der Waals surface area contributed by atoms with Crippen LogP contribution in [0.3, 0.4) is 0 Å². The highest BCUT2D eigenvalue weighted by molar-refractivity contribution is 7.85. The summed E-state index contributed by atoms with van der Waals surface area (Å²) in [5, 5.41) is 0. The lowest BCUT2D eigenvalue weighted by Gasteiger charge is -2.48. The molecule has 7 atom stereocenters. The van der Waals surface area contributed by atoms with Crippen LogP contribution in [0, 0.1) is 0 Å². The van der Waals surface area contributed by atoms with Gasteiger partial charge in [0, 0.05) is 11.3 Å². The minimum absolute atomic E-state index is 0.301. The van der Waals surface area contributed by atoms with Gasteiger partial charge in [0.1, 0.15) is 24.4 Å². The third-order valence-electron chi connectivity index (χ3n) is 4.71. The normalized spacial score (nSPS) is 33.6. The Bertz CT molecular complexity index is 666. The number of benzene rings is 1. The molecule has 0 radical (unpaired) electrons. The van der Waals surface area contributed by atoms with Crippen LogP contribution in [0.4, 0.5) is 0 Å². The van der Waals surface area contributed by atoms with Crippen LogP contribution in [-0.4, -0.2) is 59.6 Å². The zero-order valence-electron chi connectivity index (χ0n) is 16.1. The summed E-state index contributed by atoms with van der Waals surface area (Å²) >= 11 is 0. The number of ether oxygens (including phenoxy) is 5. The number of hydrogen-bond acceptors (Lipinski definition) is 6. The summed E-state index contributed by atoms with van der Waals surface area (Å²) in [5.41, 5.74) is 0.299. The van der Waals surface area contributed by atoms with Gasteiger partial charge in [0.2, 0.25) is 0 Å². The Morgan fingerprint density at radius 3 is 2.43 bits per heavy atom. The van der Waals surface area contributed by atoms with Crippen LogP contribution in [0.25, 0.3) is 0 Å². The number of hydrogen-bond donors (Lipinski definition) is 0. The van der Waals surface area contributed by atoms with E-state index in [0.717, 1.165) is 5.56 Å². The first-order valence-electron chi connectivity index (χ1n) is 9.49. The third kappa shape index (κ3) is 4.79. The Kier molecular flexibility index (Phi) is 7.96. The Morgan fingerprint density at radius 2 is 1.79 bits per heavy atom. The van der Waals surface area contributed by atoms with Crippen molar-refractivity contribution in [2.45, 2.75) is 43.1 Å². The van der Waals surface area contributed by atoms with E-state index in [1.54, 1.807) is 12.2 Å². The molecule has 0 saturated carbocycles. The van der Waals surface area contributed by atoms with Crippen molar-refractivity contribution in [2.24, 2.45) is 0 Å². The third-order valence-corrected chi connectivity index (χ3v) is 6.18. The standard InChI is InChI=1S/C21H28O6S/c1-4-12-23-18-17-16(14-25-20(27-17)15-10-8-7-9-11-15)26-21(28(22)6-3)19(18)24-13-5-2/h4-5,7-11,16-21H,1-2,6,12-14H2,3H3/t16-,17-,18+,19+,20-,21-,28?/m1/s1. The van der Waals surface area contributed by atoms with Gasteiger partial charge in [-0.2, -0.15) is 0 Å². The van der Waals surface area contributed by atoms with E-state index in [-0.39, 0.29) is 6.10 Å². The SMILES string of the molecule is C=CCO[C@H]1[C@@H]2O[C@H](c3ccccc3)OC[C@H]2O[C@H](S(=O)CC)[C@H]1OCC=C. The van der Waals surface area contributed by atoms with Crippen molar-refractivity contribution >= 4 is 10.8 Å². The highest BCUT2D eigenvalue weighted by Crippen LogP contribution is 2.37. The smallest absolute Gasteiger partial charge is 0.184 e. The minimum atomic E-state index is -1.23. The average molecular weight is 409 g/mol. The molecule has 1 unspecified atom stereocenters. The summed E-state index contributed by atoms with van der Waals surface area (Å²) < 4.78 is 42.9. The molecule has 2 saturated heterocycles. The van der Waals surface area contributed by atoms with Crippen LogP contribution in [0.5, 0.6) is 0 Å². The van der Waals surface area contributed by atoms with Gasteiger partial charge in [-0.3, -0.25) is 4.21 Å². The van der Waals surface area contributed by atoms with Gasteiger partial charge in [-0.1, -0.05) is 49.4 Å². The molecule has 0 aromatic heterocycles. The van der Waals surface area contributed by atoms with Crippen molar-refractivity contribution in [3.8, 4) is 0 Å². The molecular weight excluding hydrogens is 380 g/mol. The number of rotatable bonds is 9. The van der Waals surface area contributed by atoms with E-state index in [1.807, 2.05) is 37.3 Å². The zero-order chi connectivity index (χ0) is 19.9. The molecule has 2 aliphatic heterocycles. The minimum Gasteiger partial charge on any atom is -0.368 e. The van der Waals surface area contributed by atoms with E-state index in [0.29, 0.717) is 25.6 Å². The Hall–Kier alpha value is -1.35. The predicted octanol–water partition coefficient (Wildman–Crippen LogP) is 2.74. The molecule has 2 fully saturated rings. The molecule has 1 aromatic rings. The molecule has 28 heavy (non-hydrogen) atoms. The molecule has 0 bridgehead atoms. The Labute approximate surface area is 168 Å². The van der Waals surface area contributed by atoms with E-state index >= 15 is 0 Å². The van der Waals surface area contributed by atoms with Crippen molar-refractivity contribution in [3.63, 3.8) is 0 Å². The fraction of sp³-hybridized carbons (Fsp3) is 0.524. The maximum absolute atomic E-state index is 12.6. The summed E-state index contributed by atoms with van der Waals surface area (Å²) in [5.74, 6) is 0.457. The van der Waals surface area contributed by atoms with E-state index in [9.17, 15) is 4.21 Å². The molecule has 7 heteroatoms. The molecule has 1 aromatic carbocycles. The fourth-order valence-electron chi connectivity index (χ4n) is 3.43. The second-order valence-electron chi connectivity index (χ2n) is 6.56. The van der Waals surface area contributed by atoms with Gasteiger partial charge < -0.3 is 23.7 Å². The first kappa shape index (κ1) is 21.4. The molecule has 0 N–H and O–H groups in total. The van der Waals surface area contributed by atoms with Crippen LogP contribution in [0.15, 0.2) is 55.6 Å². The quantitative estimate of drug-likeness (QED) is 0.586. The zero-order valence-corrected chi connectivity index (χ0v) is 16.9. The average Bonchev–Trinajstić information content (AvgIpc) is 2.75. The number of fused-ring (bicyclic) bond motifs is 1. The monoisotopic (exact) mass is 408 g/mol. The van der Waals surface area contributed by atoms with Gasteiger partial charge >= 0.3 is 0 Å². The van der Waals surface area contributed by atoms with Crippen molar-refractivity contribution in [1.82, 2.24) is 0 Å². The Morgan fingerprint density at radius 1 is 1.11 bits per heavy atom. The predicted molar refractivity (Wildman–Crippen MR) is 107 cm³/mol. The first-order valence-corrected chi connectivity index (χ1v) is 10.9. The van der Waals surface area contributed by atoms with E-state index in [4.69, 9.17) is 23.7 Å². The molecule has 0 spiro atoms. The molecule has 3 rings (SSSR count). The van der Waals surface area contributed by atoms with Gasteiger partial charge in [0.25, 0.3) is 0 Å². The van der Waals surface area contributed by atoms with Gasteiger partial charge in [0.05, 0.1) is 30.6 Å². The fourth-order valence-corrected chi connectivity index (χ4v) is 4.55. The lowest BCUT2D eigenvalue weighted by molar-refractivity contribution is -0.326. The second-order valence-corrected chi connectivity index (χ2v) is 8.37. The van der Waals surface area contributed by atoms with Crippen LogP contribution in [0.1, 0.15) is 18.8 Å². The molecule has 154 valence electrons. The van der Waals surface area contributed by atoms with Gasteiger partial charge in [0.15, 0.2) is 11.7 Å². The largest absolute Gasteiger partial charge is 0.368 e. The van der Waals surface area contributed by atoms with Gasteiger partial charge in [-0.05, 0) is 0 Å². The molecule has 6 nitrogen and oxygen atoms in total.